The van der Waals surface area contributed by atoms with Gasteiger partial charge in [0.1, 0.15) is 0 Å². The van der Waals surface area contributed by atoms with Gasteiger partial charge in [0.05, 0.1) is 6.61 Å². The molecule has 2 amide bonds. The Morgan fingerprint density at radius 1 is 1.10 bits per heavy atom. The van der Waals surface area contributed by atoms with Gasteiger partial charge in [-0.05, 0) is 37.1 Å². The molecular weight excluding hydrogens is 268 g/mol. The Morgan fingerprint density at radius 3 is 2.19 bits per heavy atom. The molecule has 4 N–H and O–H groups in total. The van der Waals surface area contributed by atoms with Crippen LogP contribution in [-0.4, -0.2) is 30.1 Å². The number of carbonyl (C=O) groups is 2. The number of aliphatic hydroxyl groups excluding tert-OH is 1. The molecule has 0 saturated heterocycles. The highest BCUT2D eigenvalue weighted by Crippen LogP contribution is 2.35. The molecule has 1 saturated carbocycles. The topological polar surface area (TPSA) is 92.4 Å². The first-order chi connectivity index (χ1) is 10.1. The molecule has 0 aromatic heterocycles. The molecule has 1 aliphatic carbocycles. The van der Waals surface area contributed by atoms with Crippen molar-refractivity contribution in [2.24, 2.45) is 11.1 Å². The second-order valence-corrected chi connectivity index (χ2v) is 5.84. The first-order valence-corrected chi connectivity index (χ1v) is 7.35. The van der Waals surface area contributed by atoms with Gasteiger partial charge in [0.15, 0.2) is 0 Å². The van der Waals surface area contributed by atoms with Gasteiger partial charge in [-0.2, -0.15) is 0 Å². The summed E-state index contributed by atoms with van der Waals surface area (Å²) in [6.07, 6.45) is 5.30. The number of rotatable bonds is 5. The standard InChI is InChI=1S/C16H22N2O3/c17-14(20)12-4-6-13(7-5-12)15(21)18-10-16(11-19)8-2-1-3-9-16/h4-7,19H,1-3,8-11H2,(H2,17,20)(H,18,21). The molecule has 21 heavy (non-hydrogen) atoms. The Labute approximate surface area is 124 Å². The Balaban J connectivity index is 1.96. The third-order valence-corrected chi connectivity index (χ3v) is 4.31. The number of carbonyl (C=O) groups excluding carboxylic acids is 2. The van der Waals surface area contributed by atoms with Crippen LogP contribution >= 0.6 is 0 Å². The monoisotopic (exact) mass is 290 g/mol. The summed E-state index contributed by atoms with van der Waals surface area (Å²) >= 11 is 0. The van der Waals surface area contributed by atoms with Crippen molar-refractivity contribution in [2.45, 2.75) is 32.1 Å². The first-order valence-electron chi connectivity index (χ1n) is 7.35. The van der Waals surface area contributed by atoms with E-state index < -0.39 is 5.91 Å². The van der Waals surface area contributed by atoms with Crippen LogP contribution in [0.3, 0.4) is 0 Å². The molecule has 5 nitrogen and oxygen atoms in total. The number of amides is 2. The van der Waals surface area contributed by atoms with Crippen molar-refractivity contribution in [1.29, 1.82) is 0 Å². The van der Waals surface area contributed by atoms with Crippen LogP contribution in [0, 0.1) is 5.41 Å². The molecule has 0 aliphatic heterocycles. The van der Waals surface area contributed by atoms with E-state index in [1.165, 1.54) is 6.42 Å². The zero-order valence-electron chi connectivity index (χ0n) is 12.1. The van der Waals surface area contributed by atoms with Crippen molar-refractivity contribution in [3.63, 3.8) is 0 Å². The highest BCUT2D eigenvalue weighted by molar-refractivity contribution is 5.97. The maximum Gasteiger partial charge on any atom is 0.251 e. The quantitative estimate of drug-likeness (QED) is 0.766. The van der Waals surface area contributed by atoms with E-state index in [0.717, 1.165) is 25.7 Å². The maximum absolute atomic E-state index is 12.1. The lowest BCUT2D eigenvalue weighted by molar-refractivity contribution is 0.0718. The second-order valence-electron chi connectivity index (χ2n) is 5.84. The van der Waals surface area contributed by atoms with Gasteiger partial charge in [0.25, 0.3) is 5.91 Å². The molecule has 0 atom stereocenters. The van der Waals surface area contributed by atoms with E-state index in [0.29, 0.717) is 17.7 Å². The van der Waals surface area contributed by atoms with Gasteiger partial charge in [0, 0.05) is 23.1 Å². The summed E-state index contributed by atoms with van der Waals surface area (Å²) in [7, 11) is 0. The first kappa shape index (κ1) is 15.5. The van der Waals surface area contributed by atoms with E-state index in [9.17, 15) is 14.7 Å². The van der Waals surface area contributed by atoms with Gasteiger partial charge >= 0.3 is 0 Å². The van der Waals surface area contributed by atoms with Gasteiger partial charge < -0.3 is 16.2 Å². The number of nitrogens with two attached hydrogens (primary N) is 1. The minimum Gasteiger partial charge on any atom is -0.396 e. The zero-order valence-corrected chi connectivity index (χ0v) is 12.1. The van der Waals surface area contributed by atoms with Crippen LogP contribution in [0.25, 0.3) is 0 Å². The van der Waals surface area contributed by atoms with Crippen LogP contribution in [0.15, 0.2) is 24.3 Å². The Bertz CT molecular complexity index is 505. The van der Waals surface area contributed by atoms with Crippen molar-refractivity contribution in [1.82, 2.24) is 5.32 Å². The lowest BCUT2D eigenvalue weighted by Gasteiger charge is -2.35. The number of hydrogen-bond acceptors (Lipinski definition) is 3. The predicted octanol–water partition coefficient (Wildman–Crippen LogP) is 1.46. The summed E-state index contributed by atoms with van der Waals surface area (Å²) in [5.74, 6) is -0.701. The maximum atomic E-state index is 12.1. The highest BCUT2D eigenvalue weighted by Gasteiger charge is 2.31. The second kappa shape index (κ2) is 6.72. The van der Waals surface area contributed by atoms with Crippen molar-refractivity contribution in [3.8, 4) is 0 Å². The molecule has 1 aliphatic rings. The van der Waals surface area contributed by atoms with E-state index in [-0.39, 0.29) is 17.9 Å². The van der Waals surface area contributed by atoms with E-state index >= 15 is 0 Å². The van der Waals surface area contributed by atoms with Gasteiger partial charge in [-0.25, -0.2) is 0 Å². The molecule has 0 spiro atoms. The summed E-state index contributed by atoms with van der Waals surface area (Å²) in [6.45, 7) is 0.591. The van der Waals surface area contributed by atoms with Crippen LogP contribution in [-0.2, 0) is 0 Å². The summed E-state index contributed by atoms with van der Waals surface area (Å²) in [5.41, 5.74) is 5.85. The van der Waals surface area contributed by atoms with Gasteiger partial charge in [0.2, 0.25) is 5.91 Å². The number of nitrogens with one attached hydrogen (secondary N) is 1. The van der Waals surface area contributed by atoms with Gasteiger partial charge in [-0.3, -0.25) is 9.59 Å². The minimum absolute atomic E-state index is 0.105. The van der Waals surface area contributed by atoms with Gasteiger partial charge in [-0.1, -0.05) is 19.3 Å². The van der Waals surface area contributed by atoms with E-state index in [2.05, 4.69) is 5.32 Å². The smallest absolute Gasteiger partial charge is 0.251 e. The molecule has 1 aromatic carbocycles. The largest absolute Gasteiger partial charge is 0.396 e. The lowest BCUT2D eigenvalue weighted by Crippen LogP contribution is -2.41. The summed E-state index contributed by atoms with van der Waals surface area (Å²) in [6, 6.07) is 6.25. The molecule has 1 aromatic rings. The Morgan fingerprint density at radius 2 is 1.67 bits per heavy atom. The molecule has 0 heterocycles. The third kappa shape index (κ3) is 3.82. The molecule has 2 rings (SSSR count). The predicted molar refractivity (Wildman–Crippen MR) is 79.9 cm³/mol. The summed E-state index contributed by atoms with van der Waals surface area (Å²) < 4.78 is 0. The molecule has 5 heteroatoms. The van der Waals surface area contributed by atoms with Crippen LogP contribution in [0.5, 0.6) is 0 Å². The van der Waals surface area contributed by atoms with E-state index in [1.807, 2.05) is 0 Å². The average Bonchev–Trinajstić information content (AvgIpc) is 2.53. The van der Waals surface area contributed by atoms with Crippen LogP contribution < -0.4 is 11.1 Å². The third-order valence-electron chi connectivity index (χ3n) is 4.31. The van der Waals surface area contributed by atoms with Crippen molar-refractivity contribution in [2.75, 3.05) is 13.2 Å². The average molecular weight is 290 g/mol. The van der Waals surface area contributed by atoms with Crippen LogP contribution in [0.1, 0.15) is 52.8 Å². The van der Waals surface area contributed by atoms with E-state index in [4.69, 9.17) is 5.73 Å². The molecule has 0 bridgehead atoms. The fourth-order valence-electron chi connectivity index (χ4n) is 2.85. The van der Waals surface area contributed by atoms with Crippen molar-refractivity contribution < 1.29 is 14.7 Å². The van der Waals surface area contributed by atoms with Crippen LogP contribution in [0.2, 0.25) is 0 Å². The van der Waals surface area contributed by atoms with Gasteiger partial charge in [-0.15, -0.1) is 0 Å². The molecular formula is C16H22N2O3. The molecule has 0 radical (unpaired) electrons. The zero-order chi connectivity index (χ0) is 15.3. The number of aliphatic hydroxyl groups is 1. The lowest BCUT2D eigenvalue weighted by atomic mass is 9.74. The SMILES string of the molecule is NC(=O)c1ccc(C(=O)NCC2(CO)CCCCC2)cc1. The fraction of sp³-hybridized carbons (Fsp3) is 0.500. The summed E-state index contributed by atoms with van der Waals surface area (Å²) in [5, 5.41) is 12.5. The normalized spacial score (nSPS) is 17.2. The Hall–Kier alpha value is -1.88. The fourth-order valence-corrected chi connectivity index (χ4v) is 2.85. The summed E-state index contributed by atoms with van der Waals surface area (Å²) in [4.78, 5) is 23.1. The van der Waals surface area contributed by atoms with Crippen molar-refractivity contribution in [3.05, 3.63) is 35.4 Å². The number of primary amides is 1. The Kier molecular flexibility index (Phi) is 4.96. The molecule has 0 unspecified atom stereocenters. The van der Waals surface area contributed by atoms with E-state index in [1.54, 1.807) is 24.3 Å². The highest BCUT2D eigenvalue weighted by atomic mass is 16.3. The number of hydrogen-bond donors (Lipinski definition) is 3. The molecule has 114 valence electrons. The van der Waals surface area contributed by atoms with Crippen molar-refractivity contribution >= 4 is 11.8 Å². The minimum atomic E-state index is -0.511. The van der Waals surface area contributed by atoms with Crippen LogP contribution in [0.4, 0.5) is 0 Å². The number of benzene rings is 1. The molecule has 1 fully saturated rings.